The third-order valence-corrected chi connectivity index (χ3v) is 3.87. The van der Waals surface area contributed by atoms with Crippen molar-refractivity contribution >= 4 is 22.5 Å². The van der Waals surface area contributed by atoms with Crippen LogP contribution in [0, 0.1) is 5.82 Å². The summed E-state index contributed by atoms with van der Waals surface area (Å²) in [7, 11) is 0. The van der Waals surface area contributed by atoms with Gasteiger partial charge >= 0.3 is 0 Å². The Bertz CT molecular complexity index is 1050. The molecule has 0 bridgehead atoms. The Morgan fingerprint density at radius 2 is 1.68 bits per heavy atom. The second-order valence-corrected chi connectivity index (χ2v) is 5.45. The first-order valence-corrected chi connectivity index (χ1v) is 7.60. The fraction of sp³-hybridized carbons (Fsp3) is 0. The molecule has 0 spiro atoms. The Hall–Kier alpha value is -3.54. The predicted molar refractivity (Wildman–Crippen MR) is 91.6 cm³/mol. The fourth-order valence-corrected chi connectivity index (χ4v) is 2.67. The van der Waals surface area contributed by atoms with Crippen molar-refractivity contribution in [2.75, 3.05) is 5.32 Å². The first-order valence-electron chi connectivity index (χ1n) is 7.60. The molecule has 3 aromatic carbocycles. The van der Waals surface area contributed by atoms with E-state index in [1.807, 2.05) is 36.4 Å². The highest BCUT2D eigenvalue weighted by Gasteiger charge is 2.17. The standard InChI is InChI=1S/C19H12FN3O2/c20-14-10-8-13(9-11-14)17-18(23-25-22-17)21-19(24)16-7-3-5-12-4-1-2-6-15(12)16/h1-11H,(H,21,23,24). The van der Waals surface area contributed by atoms with E-state index in [2.05, 4.69) is 15.6 Å². The molecule has 0 unspecified atom stereocenters. The molecule has 0 radical (unpaired) electrons. The van der Waals surface area contributed by atoms with Gasteiger partial charge in [0.1, 0.15) is 5.82 Å². The number of carbonyl (C=O) groups is 1. The normalized spacial score (nSPS) is 10.8. The molecule has 5 nitrogen and oxygen atoms in total. The lowest BCUT2D eigenvalue weighted by atomic mass is 10.0. The number of aromatic nitrogens is 2. The summed E-state index contributed by atoms with van der Waals surface area (Å²) in [6.45, 7) is 0. The van der Waals surface area contributed by atoms with Crippen LogP contribution in [0.1, 0.15) is 10.4 Å². The topological polar surface area (TPSA) is 68.0 Å². The predicted octanol–water partition coefficient (Wildman–Crippen LogP) is 4.28. The summed E-state index contributed by atoms with van der Waals surface area (Å²) in [5.41, 5.74) is 1.45. The van der Waals surface area contributed by atoms with Crippen LogP contribution >= 0.6 is 0 Å². The van der Waals surface area contributed by atoms with E-state index in [0.717, 1.165) is 10.8 Å². The number of hydrogen-bond acceptors (Lipinski definition) is 4. The van der Waals surface area contributed by atoms with Gasteiger partial charge < -0.3 is 5.32 Å². The van der Waals surface area contributed by atoms with Crippen LogP contribution in [0.3, 0.4) is 0 Å². The summed E-state index contributed by atoms with van der Waals surface area (Å²) in [4.78, 5) is 12.7. The van der Waals surface area contributed by atoms with Crippen molar-refractivity contribution in [1.29, 1.82) is 0 Å². The number of benzene rings is 3. The van der Waals surface area contributed by atoms with E-state index in [1.54, 1.807) is 18.2 Å². The molecule has 1 N–H and O–H groups in total. The van der Waals surface area contributed by atoms with Crippen molar-refractivity contribution in [2.45, 2.75) is 0 Å². The van der Waals surface area contributed by atoms with Gasteiger partial charge in [0.15, 0.2) is 5.69 Å². The molecule has 0 atom stereocenters. The van der Waals surface area contributed by atoms with Crippen LogP contribution in [-0.4, -0.2) is 16.2 Å². The molecule has 0 saturated carbocycles. The van der Waals surface area contributed by atoms with Crippen LogP contribution in [0.25, 0.3) is 22.0 Å². The van der Waals surface area contributed by atoms with E-state index in [9.17, 15) is 9.18 Å². The van der Waals surface area contributed by atoms with Crippen molar-refractivity contribution in [3.8, 4) is 11.3 Å². The Kier molecular flexibility index (Phi) is 3.70. The highest BCUT2D eigenvalue weighted by Crippen LogP contribution is 2.26. The molecular weight excluding hydrogens is 321 g/mol. The molecule has 1 aromatic heterocycles. The lowest BCUT2D eigenvalue weighted by Gasteiger charge is -2.06. The molecule has 4 aromatic rings. The zero-order valence-electron chi connectivity index (χ0n) is 12.9. The number of nitrogens with zero attached hydrogens (tertiary/aromatic N) is 2. The third-order valence-electron chi connectivity index (χ3n) is 3.87. The number of hydrogen-bond donors (Lipinski definition) is 1. The number of amides is 1. The summed E-state index contributed by atoms with van der Waals surface area (Å²) in [5.74, 6) is -0.498. The molecule has 1 amide bonds. The zero-order valence-corrected chi connectivity index (χ0v) is 12.9. The zero-order chi connectivity index (χ0) is 17.2. The lowest BCUT2D eigenvalue weighted by Crippen LogP contribution is -2.13. The quantitative estimate of drug-likeness (QED) is 0.607. The van der Waals surface area contributed by atoms with Gasteiger partial charge in [-0.15, -0.1) is 0 Å². The van der Waals surface area contributed by atoms with Gasteiger partial charge in [0, 0.05) is 11.1 Å². The molecule has 0 fully saturated rings. The molecule has 1 heterocycles. The van der Waals surface area contributed by atoms with E-state index in [4.69, 9.17) is 4.63 Å². The average molecular weight is 333 g/mol. The van der Waals surface area contributed by atoms with Crippen molar-refractivity contribution < 1.29 is 13.8 Å². The van der Waals surface area contributed by atoms with Crippen LogP contribution in [0.4, 0.5) is 10.2 Å². The summed E-state index contributed by atoms with van der Waals surface area (Å²) in [6.07, 6.45) is 0. The van der Waals surface area contributed by atoms with Gasteiger partial charge in [-0.3, -0.25) is 4.79 Å². The van der Waals surface area contributed by atoms with E-state index < -0.39 is 0 Å². The number of anilines is 1. The number of halogens is 1. The van der Waals surface area contributed by atoms with Gasteiger partial charge in [0.05, 0.1) is 0 Å². The Balaban J connectivity index is 1.68. The van der Waals surface area contributed by atoms with Crippen molar-refractivity contribution in [1.82, 2.24) is 10.3 Å². The van der Waals surface area contributed by atoms with E-state index >= 15 is 0 Å². The SMILES string of the molecule is O=C(Nc1nonc1-c1ccc(F)cc1)c1cccc2ccccc12. The van der Waals surface area contributed by atoms with E-state index in [1.165, 1.54) is 12.1 Å². The first-order chi connectivity index (χ1) is 12.2. The maximum Gasteiger partial charge on any atom is 0.257 e. The number of carbonyl (C=O) groups excluding carboxylic acids is 1. The third kappa shape index (κ3) is 2.85. The molecule has 0 aliphatic carbocycles. The van der Waals surface area contributed by atoms with Gasteiger partial charge in [-0.1, -0.05) is 36.4 Å². The van der Waals surface area contributed by atoms with Crippen molar-refractivity contribution in [3.05, 3.63) is 78.1 Å². The van der Waals surface area contributed by atoms with E-state index in [0.29, 0.717) is 16.8 Å². The second-order valence-electron chi connectivity index (χ2n) is 5.45. The molecule has 4 rings (SSSR count). The van der Waals surface area contributed by atoms with Gasteiger partial charge in [-0.05, 0) is 51.4 Å². The largest absolute Gasteiger partial charge is 0.302 e. The molecular formula is C19H12FN3O2. The van der Waals surface area contributed by atoms with Crippen molar-refractivity contribution in [2.24, 2.45) is 0 Å². The average Bonchev–Trinajstić information content (AvgIpc) is 3.10. The monoisotopic (exact) mass is 333 g/mol. The van der Waals surface area contributed by atoms with Crippen LogP contribution < -0.4 is 5.32 Å². The van der Waals surface area contributed by atoms with Gasteiger partial charge in [-0.25, -0.2) is 9.02 Å². The van der Waals surface area contributed by atoms with Crippen molar-refractivity contribution in [3.63, 3.8) is 0 Å². The first kappa shape index (κ1) is 15.0. The van der Waals surface area contributed by atoms with Gasteiger partial charge in [0.25, 0.3) is 5.91 Å². The maximum absolute atomic E-state index is 13.1. The Labute approximate surface area is 142 Å². The molecule has 25 heavy (non-hydrogen) atoms. The molecule has 6 heteroatoms. The Morgan fingerprint density at radius 1 is 0.920 bits per heavy atom. The molecule has 122 valence electrons. The smallest absolute Gasteiger partial charge is 0.257 e. The number of fused-ring (bicyclic) bond motifs is 1. The summed E-state index contributed by atoms with van der Waals surface area (Å²) >= 11 is 0. The second kappa shape index (κ2) is 6.16. The van der Waals surface area contributed by atoms with Crippen LogP contribution in [0.15, 0.2) is 71.4 Å². The summed E-state index contributed by atoms with van der Waals surface area (Å²) in [6, 6.07) is 18.8. The number of nitrogens with one attached hydrogen (secondary N) is 1. The highest BCUT2D eigenvalue weighted by molar-refractivity contribution is 6.13. The minimum absolute atomic E-state index is 0.185. The van der Waals surface area contributed by atoms with Crippen LogP contribution in [-0.2, 0) is 0 Å². The minimum Gasteiger partial charge on any atom is -0.302 e. The fourth-order valence-electron chi connectivity index (χ4n) is 2.67. The lowest BCUT2D eigenvalue weighted by molar-refractivity contribution is 0.102. The highest BCUT2D eigenvalue weighted by atomic mass is 19.1. The molecule has 0 aliphatic heterocycles. The summed E-state index contributed by atoms with van der Waals surface area (Å²) < 4.78 is 17.8. The molecule has 0 saturated heterocycles. The van der Waals surface area contributed by atoms with Gasteiger partial charge in [0.2, 0.25) is 5.82 Å². The Morgan fingerprint density at radius 3 is 2.52 bits per heavy atom. The van der Waals surface area contributed by atoms with E-state index in [-0.39, 0.29) is 17.5 Å². The maximum atomic E-state index is 13.1. The number of rotatable bonds is 3. The molecule has 0 aliphatic rings. The van der Waals surface area contributed by atoms with Crippen LogP contribution in [0.5, 0.6) is 0 Å². The summed E-state index contributed by atoms with van der Waals surface area (Å²) in [5, 5.41) is 12.1. The minimum atomic E-state index is -0.360. The van der Waals surface area contributed by atoms with Gasteiger partial charge in [-0.2, -0.15) is 0 Å². The van der Waals surface area contributed by atoms with Crippen LogP contribution in [0.2, 0.25) is 0 Å².